The van der Waals surface area contributed by atoms with E-state index in [9.17, 15) is 24.5 Å². The number of benzene rings is 1. The van der Waals surface area contributed by atoms with Crippen molar-refractivity contribution in [3.05, 3.63) is 56.9 Å². The molecule has 0 spiro atoms. The number of carbonyl (C=O) groups excluding carboxylic acids is 3. The zero-order valence-corrected chi connectivity index (χ0v) is 17.4. The molecular formula is C19H17N5O5S. The number of carbonyl (C=O) groups is 3. The molecule has 4 amide bonds. The van der Waals surface area contributed by atoms with Crippen molar-refractivity contribution in [2.75, 3.05) is 14.1 Å². The molecule has 1 fully saturated rings. The van der Waals surface area contributed by atoms with Crippen molar-refractivity contribution in [1.29, 1.82) is 0 Å². The van der Waals surface area contributed by atoms with Crippen LogP contribution in [0.1, 0.15) is 17.0 Å². The first kappa shape index (κ1) is 21.1. The summed E-state index contributed by atoms with van der Waals surface area (Å²) in [5.74, 6) is -1.54. The number of likely N-dealkylation sites (N-methyl/N-ethyl adjacent to an activating group) is 2. The Morgan fingerprint density at radius 2 is 1.57 bits per heavy atom. The third-order valence-corrected chi connectivity index (χ3v) is 5.23. The highest BCUT2D eigenvalue weighted by Crippen LogP contribution is 2.34. The molecule has 0 N–H and O–H groups in total. The Balaban J connectivity index is 2.00. The SMILES string of the molecule is Cc1cc(C)nc(Sc2ccc(C=C3C(=O)N(C)C(=O)N(C)C3=O)cc2[N+](=O)[O-])n1. The van der Waals surface area contributed by atoms with Crippen molar-refractivity contribution >= 4 is 41.4 Å². The van der Waals surface area contributed by atoms with E-state index in [1.54, 1.807) is 26.0 Å². The highest BCUT2D eigenvalue weighted by Gasteiger charge is 2.37. The van der Waals surface area contributed by atoms with E-state index in [1.165, 1.54) is 32.3 Å². The van der Waals surface area contributed by atoms with Crippen molar-refractivity contribution in [2.45, 2.75) is 23.9 Å². The molecule has 0 saturated carbocycles. The van der Waals surface area contributed by atoms with E-state index in [4.69, 9.17) is 0 Å². The quantitative estimate of drug-likeness (QED) is 0.240. The fourth-order valence-electron chi connectivity index (χ4n) is 2.83. The summed E-state index contributed by atoms with van der Waals surface area (Å²) in [5.41, 5.74) is 1.29. The van der Waals surface area contributed by atoms with E-state index < -0.39 is 22.8 Å². The lowest BCUT2D eigenvalue weighted by atomic mass is 10.1. The summed E-state index contributed by atoms with van der Waals surface area (Å²) in [6.45, 7) is 3.61. The molecule has 2 heterocycles. The van der Waals surface area contributed by atoms with Gasteiger partial charge in [0.05, 0.1) is 9.82 Å². The number of aryl methyl sites for hydroxylation is 2. The molecule has 0 bridgehead atoms. The van der Waals surface area contributed by atoms with Gasteiger partial charge in [0.15, 0.2) is 5.16 Å². The number of aromatic nitrogens is 2. The zero-order valence-electron chi connectivity index (χ0n) is 16.6. The van der Waals surface area contributed by atoms with E-state index in [1.807, 2.05) is 0 Å². The molecule has 11 heteroatoms. The Labute approximate surface area is 175 Å². The highest BCUT2D eigenvalue weighted by molar-refractivity contribution is 7.99. The fraction of sp³-hybridized carbons (Fsp3) is 0.211. The maximum atomic E-state index is 12.3. The topological polar surface area (TPSA) is 127 Å². The van der Waals surface area contributed by atoms with Gasteiger partial charge >= 0.3 is 6.03 Å². The Morgan fingerprint density at radius 3 is 2.10 bits per heavy atom. The number of amides is 4. The number of imide groups is 2. The van der Waals surface area contributed by atoms with E-state index in [0.29, 0.717) is 10.1 Å². The van der Waals surface area contributed by atoms with Gasteiger partial charge in [-0.1, -0.05) is 6.07 Å². The maximum absolute atomic E-state index is 12.3. The second-order valence-corrected chi connectivity index (χ2v) is 7.60. The second kappa shape index (κ2) is 8.03. The fourth-order valence-corrected chi connectivity index (χ4v) is 3.78. The normalized spacial score (nSPS) is 14.4. The Morgan fingerprint density at radius 1 is 1.00 bits per heavy atom. The number of barbiturate groups is 1. The molecule has 0 atom stereocenters. The van der Waals surface area contributed by atoms with Crippen LogP contribution in [0.4, 0.5) is 10.5 Å². The predicted molar refractivity (Wildman–Crippen MR) is 108 cm³/mol. The number of urea groups is 1. The third kappa shape index (κ3) is 4.06. The number of rotatable bonds is 4. The summed E-state index contributed by atoms with van der Waals surface area (Å²) in [5, 5.41) is 12.0. The maximum Gasteiger partial charge on any atom is 0.333 e. The van der Waals surface area contributed by atoms with Gasteiger partial charge in [0.2, 0.25) is 0 Å². The van der Waals surface area contributed by atoms with Gasteiger partial charge in [0.1, 0.15) is 5.57 Å². The molecule has 0 radical (unpaired) electrons. The molecular weight excluding hydrogens is 410 g/mol. The van der Waals surface area contributed by atoms with Crippen LogP contribution in [0.3, 0.4) is 0 Å². The molecule has 2 aromatic rings. The minimum absolute atomic E-state index is 0.217. The average Bonchev–Trinajstić information content (AvgIpc) is 2.68. The molecule has 1 saturated heterocycles. The molecule has 30 heavy (non-hydrogen) atoms. The first-order valence-corrected chi connectivity index (χ1v) is 9.50. The smallest absolute Gasteiger partial charge is 0.268 e. The van der Waals surface area contributed by atoms with Gasteiger partial charge < -0.3 is 0 Å². The van der Waals surface area contributed by atoms with Crippen molar-refractivity contribution < 1.29 is 19.3 Å². The van der Waals surface area contributed by atoms with Crippen LogP contribution in [0.15, 0.2) is 39.9 Å². The van der Waals surface area contributed by atoms with Crippen molar-refractivity contribution in [2.24, 2.45) is 0 Å². The molecule has 1 aromatic carbocycles. The number of nitrogens with zero attached hydrogens (tertiary/aromatic N) is 5. The van der Waals surface area contributed by atoms with Gasteiger partial charge in [-0.3, -0.25) is 29.5 Å². The van der Waals surface area contributed by atoms with E-state index in [0.717, 1.165) is 32.9 Å². The van der Waals surface area contributed by atoms with Crippen LogP contribution >= 0.6 is 11.8 Å². The summed E-state index contributed by atoms with van der Waals surface area (Å²) in [4.78, 5) is 58.0. The third-order valence-electron chi connectivity index (χ3n) is 4.30. The summed E-state index contributed by atoms with van der Waals surface area (Å²) >= 11 is 1.05. The van der Waals surface area contributed by atoms with Gasteiger partial charge in [-0.15, -0.1) is 0 Å². The van der Waals surface area contributed by atoms with Crippen molar-refractivity contribution in [3.63, 3.8) is 0 Å². The van der Waals surface area contributed by atoms with Gasteiger partial charge in [0, 0.05) is 31.5 Å². The summed E-state index contributed by atoms with van der Waals surface area (Å²) < 4.78 is 0. The largest absolute Gasteiger partial charge is 0.333 e. The van der Waals surface area contributed by atoms with Gasteiger partial charge in [-0.05, 0) is 49.4 Å². The minimum atomic E-state index is -0.771. The molecule has 1 aromatic heterocycles. The molecule has 1 aliphatic rings. The molecule has 154 valence electrons. The lowest BCUT2D eigenvalue weighted by Gasteiger charge is -2.28. The number of hydrogen-bond donors (Lipinski definition) is 0. The Hall–Kier alpha value is -3.60. The first-order chi connectivity index (χ1) is 14.1. The van der Waals surface area contributed by atoms with Gasteiger partial charge in [0.25, 0.3) is 17.5 Å². The van der Waals surface area contributed by atoms with Crippen LogP contribution in [0.2, 0.25) is 0 Å². The first-order valence-electron chi connectivity index (χ1n) is 8.69. The average molecular weight is 427 g/mol. The zero-order chi connectivity index (χ0) is 22.2. The summed E-state index contributed by atoms with van der Waals surface area (Å²) in [6.07, 6.45) is 1.23. The van der Waals surface area contributed by atoms with E-state index in [-0.39, 0.29) is 16.8 Å². The number of hydrogen-bond acceptors (Lipinski definition) is 8. The van der Waals surface area contributed by atoms with Crippen LogP contribution in [0.25, 0.3) is 6.08 Å². The summed E-state index contributed by atoms with van der Waals surface area (Å²) in [6, 6.07) is 5.36. The number of nitro groups is 1. The molecule has 1 aliphatic heterocycles. The standard InChI is InChI=1S/C19H17N5O5S/c1-10-7-11(2)21-18(20-10)30-15-6-5-12(9-14(15)24(28)29)8-13-16(25)22(3)19(27)23(4)17(13)26/h5-9H,1-4H3. The Bertz CT molecular complexity index is 1080. The van der Waals surface area contributed by atoms with Gasteiger partial charge in [-0.2, -0.15) is 0 Å². The highest BCUT2D eigenvalue weighted by atomic mass is 32.2. The van der Waals surface area contributed by atoms with Crippen LogP contribution in [-0.2, 0) is 9.59 Å². The predicted octanol–water partition coefficient (Wildman–Crippen LogP) is 2.59. The van der Waals surface area contributed by atoms with Crippen molar-refractivity contribution in [3.8, 4) is 0 Å². The minimum Gasteiger partial charge on any atom is -0.268 e. The monoisotopic (exact) mass is 427 g/mol. The Kier molecular flexibility index (Phi) is 5.65. The van der Waals surface area contributed by atoms with E-state index >= 15 is 0 Å². The second-order valence-electron chi connectivity index (χ2n) is 6.59. The van der Waals surface area contributed by atoms with Crippen LogP contribution < -0.4 is 0 Å². The molecule has 3 rings (SSSR count). The van der Waals surface area contributed by atoms with Crippen LogP contribution in [0.5, 0.6) is 0 Å². The van der Waals surface area contributed by atoms with Crippen molar-refractivity contribution in [1.82, 2.24) is 19.8 Å². The molecule has 0 unspecified atom stereocenters. The lowest BCUT2D eigenvalue weighted by Crippen LogP contribution is -2.52. The molecule has 10 nitrogen and oxygen atoms in total. The van der Waals surface area contributed by atoms with E-state index in [2.05, 4.69) is 9.97 Å². The van der Waals surface area contributed by atoms with Crippen LogP contribution in [-0.4, -0.2) is 56.6 Å². The van der Waals surface area contributed by atoms with Gasteiger partial charge in [-0.25, -0.2) is 14.8 Å². The summed E-state index contributed by atoms with van der Waals surface area (Å²) in [7, 11) is 2.51. The number of nitro benzene ring substituents is 1. The molecule has 0 aliphatic carbocycles. The lowest BCUT2D eigenvalue weighted by molar-refractivity contribution is -0.387. The van der Waals surface area contributed by atoms with Crippen LogP contribution in [0, 0.1) is 24.0 Å².